The summed E-state index contributed by atoms with van der Waals surface area (Å²) in [6.45, 7) is 3.82. The first-order valence-corrected chi connectivity index (χ1v) is 3.47. The van der Waals surface area contributed by atoms with Crippen LogP contribution in [-0.2, 0) is 9.53 Å². The summed E-state index contributed by atoms with van der Waals surface area (Å²) >= 11 is 0. The standard InChI is InChI=1S/C7H12N2O4/c1-5(2)6(11)13-4-9(3-10)7(8)12/h10H,1,3-4H2,2H3,(H2,8,12). The highest BCUT2D eigenvalue weighted by Crippen LogP contribution is 1.94. The molecule has 13 heavy (non-hydrogen) atoms. The Morgan fingerprint density at radius 1 is 1.62 bits per heavy atom. The van der Waals surface area contributed by atoms with Gasteiger partial charge in [-0.1, -0.05) is 6.58 Å². The van der Waals surface area contributed by atoms with E-state index in [4.69, 9.17) is 10.8 Å². The quantitative estimate of drug-likeness (QED) is 0.350. The highest BCUT2D eigenvalue weighted by Gasteiger charge is 2.10. The van der Waals surface area contributed by atoms with Crippen LogP contribution in [0.1, 0.15) is 6.92 Å². The van der Waals surface area contributed by atoms with Crippen molar-refractivity contribution in [1.82, 2.24) is 4.90 Å². The van der Waals surface area contributed by atoms with E-state index in [0.29, 0.717) is 0 Å². The van der Waals surface area contributed by atoms with Crippen molar-refractivity contribution in [1.29, 1.82) is 0 Å². The van der Waals surface area contributed by atoms with Crippen LogP contribution in [0, 0.1) is 0 Å². The van der Waals surface area contributed by atoms with E-state index in [9.17, 15) is 9.59 Å². The molecule has 6 nitrogen and oxygen atoms in total. The van der Waals surface area contributed by atoms with Gasteiger partial charge in [0.25, 0.3) is 0 Å². The number of hydrogen-bond donors (Lipinski definition) is 2. The van der Waals surface area contributed by atoms with Gasteiger partial charge in [-0.05, 0) is 6.92 Å². The minimum absolute atomic E-state index is 0.211. The van der Waals surface area contributed by atoms with Crippen molar-refractivity contribution in [3.63, 3.8) is 0 Å². The third kappa shape index (κ3) is 4.12. The highest BCUT2D eigenvalue weighted by molar-refractivity contribution is 5.87. The Hall–Kier alpha value is -1.56. The second kappa shape index (κ2) is 5.15. The molecule has 0 aromatic heterocycles. The normalized spacial score (nSPS) is 9.08. The molecule has 0 unspecified atom stereocenters. The number of carbonyl (C=O) groups excluding carboxylic acids is 2. The Balaban J connectivity index is 3.92. The van der Waals surface area contributed by atoms with Crippen LogP contribution in [0.3, 0.4) is 0 Å². The highest BCUT2D eigenvalue weighted by atomic mass is 16.5. The maximum absolute atomic E-state index is 10.8. The molecule has 0 radical (unpaired) electrons. The molecule has 0 heterocycles. The minimum atomic E-state index is -0.864. The topological polar surface area (TPSA) is 92.9 Å². The van der Waals surface area contributed by atoms with E-state index >= 15 is 0 Å². The van der Waals surface area contributed by atoms with Crippen LogP contribution in [0.2, 0.25) is 0 Å². The molecule has 0 atom stereocenters. The molecule has 0 saturated heterocycles. The Morgan fingerprint density at radius 2 is 2.15 bits per heavy atom. The summed E-state index contributed by atoms with van der Waals surface area (Å²) < 4.78 is 4.54. The minimum Gasteiger partial charge on any atom is -0.441 e. The number of urea groups is 1. The summed E-state index contributed by atoms with van der Waals surface area (Å²) in [7, 11) is 0. The molecule has 3 N–H and O–H groups in total. The first-order chi connectivity index (χ1) is 5.99. The summed E-state index contributed by atoms with van der Waals surface area (Å²) in [6, 6.07) is -0.864. The maximum atomic E-state index is 10.8. The number of carbonyl (C=O) groups is 2. The summed E-state index contributed by atoms with van der Waals surface area (Å²) in [4.78, 5) is 22.0. The van der Waals surface area contributed by atoms with Crippen LogP contribution in [-0.4, -0.2) is 35.5 Å². The molecule has 0 saturated carbocycles. The number of aliphatic hydroxyl groups excluding tert-OH is 1. The Morgan fingerprint density at radius 3 is 2.46 bits per heavy atom. The van der Waals surface area contributed by atoms with Gasteiger partial charge in [-0.25, -0.2) is 9.59 Å². The number of esters is 1. The van der Waals surface area contributed by atoms with Crippen molar-refractivity contribution >= 4 is 12.0 Å². The fraction of sp³-hybridized carbons (Fsp3) is 0.429. The van der Waals surface area contributed by atoms with Crippen LogP contribution >= 0.6 is 0 Å². The smallest absolute Gasteiger partial charge is 0.334 e. The molecule has 0 spiro atoms. The first kappa shape index (κ1) is 11.4. The number of nitrogens with two attached hydrogens (primary N) is 1. The fourth-order valence-electron chi connectivity index (χ4n) is 0.434. The van der Waals surface area contributed by atoms with Gasteiger partial charge in [-0.15, -0.1) is 0 Å². The first-order valence-electron chi connectivity index (χ1n) is 3.47. The van der Waals surface area contributed by atoms with Crippen LogP contribution in [0.15, 0.2) is 12.2 Å². The van der Waals surface area contributed by atoms with E-state index in [1.54, 1.807) is 0 Å². The van der Waals surface area contributed by atoms with Crippen molar-refractivity contribution in [2.45, 2.75) is 6.92 Å². The third-order valence-corrected chi connectivity index (χ3v) is 1.18. The zero-order valence-corrected chi connectivity index (χ0v) is 7.32. The van der Waals surface area contributed by atoms with Gasteiger partial charge in [0.1, 0.15) is 6.73 Å². The van der Waals surface area contributed by atoms with Crippen LogP contribution in [0.25, 0.3) is 0 Å². The van der Waals surface area contributed by atoms with Gasteiger partial charge in [0.15, 0.2) is 6.73 Å². The van der Waals surface area contributed by atoms with E-state index in [1.807, 2.05) is 0 Å². The summed E-state index contributed by atoms with van der Waals surface area (Å²) in [5, 5.41) is 8.56. The third-order valence-electron chi connectivity index (χ3n) is 1.18. The number of primary amides is 1. The summed E-state index contributed by atoms with van der Waals surface area (Å²) in [5.74, 6) is -0.639. The van der Waals surface area contributed by atoms with Gasteiger partial charge in [-0.3, -0.25) is 4.90 Å². The van der Waals surface area contributed by atoms with Crippen LogP contribution in [0.4, 0.5) is 4.79 Å². The molecule has 0 bridgehead atoms. The van der Waals surface area contributed by atoms with E-state index in [1.165, 1.54) is 6.92 Å². The number of rotatable bonds is 4. The number of amides is 2. The molecule has 0 aromatic rings. The lowest BCUT2D eigenvalue weighted by Gasteiger charge is -2.16. The number of hydrogen-bond acceptors (Lipinski definition) is 4. The predicted molar refractivity (Wildman–Crippen MR) is 44.3 cm³/mol. The summed E-state index contributed by atoms with van der Waals surface area (Å²) in [6.07, 6.45) is 0. The van der Waals surface area contributed by atoms with Crippen molar-refractivity contribution in [2.24, 2.45) is 5.73 Å². The predicted octanol–water partition coefficient (Wildman–Crippen LogP) is -0.606. The average molecular weight is 188 g/mol. The van der Waals surface area contributed by atoms with Gasteiger partial charge in [-0.2, -0.15) is 0 Å². The number of aliphatic hydroxyl groups is 1. The largest absolute Gasteiger partial charge is 0.441 e. The van der Waals surface area contributed by atoms with Crippen LogP contribution < -0.4 is 5.73 Å². The molecule has 0 fully saturated rings. The van der Waals surface area contributed by atoms with E-state index in [2.05, 4.69) is 11.3 Å². The molecular formula is C7H12N2O4. The van der Waals surface area contributed by atoms with Crippen LogP contribution in [0.5, 0.6) is 0 Å². The molecule has 0 aromatic carbocycles. The second-order valence-electron chi connectivity index (χ2n) is 2.36. The SMILES string of the molecule is C=C(C)C(=O)OCN(CO)C(N)=O. The number of nitrogens with zero attached hydrogens (tertiary/aromatic N) is 1. The molecule has 2 amide bonds. The van der Waals surface area contributed by atoms with Gasteiger partial charge in [0.2, 0.25) is 0 Å². The zero-order valence-electron chi connectivity index (χ0n) is 7.32. The van der Waals surface area contributed by atoms with E-state index in [0.717, 1.165) is 4.90 Å². The lowest BCUT2D eigenvalue weighted by molar-refractivity contribution is -0.143. The molecule has 0 aliphatic heterocycles. The fourth-order valence-corrected chi connectivity index (χ4v) is 0.434. The van der Waals surface area contributed by atoms with Crippen molar-refractivity contribution in [3.05, 3.63) is 12.2 Å². The van der Waals surface area contributed by atoms with Crippen molar-refractivity contribution in [2.75, 3.05) is 13.5 Å². The van der Waals surface area contributed by atoms with Gasteiger partial charge in [0.05, 0.1) is 0 Å². The lowest BCUT2D eigenvalue weighted by Crippen LogP contribution is -2.38. The molecule has 6 heteroatoms. The molecular weight excluding hydrogens is 176 g/mol. The van der Waals surface area contributed by atoms with E-state index < -0.39 is 18.7 Å². The van der Waals surface area contributed by atoms with Gasteiger partial charge >= 0.3 is 12.0 Å². The van der Waals surface area contributed by atoms with Crippen molar-refractivity contribution in [3.8, 4) is 0 Å². The second-order valence-corrected chi connectivity index (χ2v) is 2.36. The van der Waals surface area contributed by atoms with Gasteiger partial charge in [0, 0.05) is 5.57 Å². The molecule has 0 rings (SSSR count). The van der Waals surface area contributed by atoms with Gasteiger partial charge < -0.3 is 15.6 Å². The Bertz CT molecular complexity index is 227. The molecule has 0 aliphatic rings. The molecule has 74 valence electrons. The van der Waals surface area contributed by atoms with Crippen molar-refractivity contribution < 1.29 is 19.4 Å². The summed E-state index contributed by atoms with van der Waals surface area (Å²) in [5.41, 5.74) is 5.03. The Kier molecular flexibility index (Phi) is 4.53. The Labute approximate surface area is 75.6 Å². The molecule has 0 aliphatic carbocycles. The maximum Gasteiger partial charge on any atom is 0.334 e. The lowest BCUT2D eigenvalue weighted by atomic mass is 10.4. The zero-order chi connectivity index (χ0) is 10.4. The average Bonchev–Trinajstić information content (AvgIpc) is 2.04. The monoisotopic (exact) mass is 188 g/mol. The van der Waals surface area contributed by atoms with E-state index in [-0.39, 0.29) is 12.3 Å². The number of ether oxygens (including phenoxy) is 1.